The zero-order valence-corrected chi connectivity index (χ0v) is 51.6. The summed E-state index contributed by atoms with van der Waals surface area (Å²) in [5, 5.41) is 3.05. The van der Waals surface area contributed by atoms with Gasteiger partial charge in [0, 0.05) is 12.8 Å². The third-order valence-corrected chi connectivity index (χ3v) is 14.5. The van der Waals surface area contributed by atoms with E-state index < -0.39 is 20.0 Å². The molecule has 0 aliphatic rings. The highest BCUT2D eigenvalue weighted by Gasteiger charge is 2.30. The summed E-state index contributed by atoms with van der Waals surface area (Å²) >= 11 is 0. The number of hydrogen-bond donors (Lipinski definition) is 2. The Morgan fingerprint density at radius 1 is 0.481 bits per heavy atom. The minimum atomic E-state index is -4.46. The van der Waals surface area contributed by atoms with Gasteiger partial charge in [0.1, 0.15) is 19.3 Å². The number of esters is 1. The van der Waals surface area contributed by atoms with Crippen molar-refractivity contribution in [1.82, 2.24) is 5.32 Å². The van der Waals surface area contributed by atoms with E-state index in [0.717, 1.165) is 128 Å². The van der Waals surface area contributed by atoms with Crippen molar-refractivity contribution in [3.63, 3.8) is 0 Å². The largest absolute Gasteiger partial charge is 0.472 e. The Morgan fingerprint density at radius 3 is 1.35 bits per heavy atom. The molecule has 0 aromatic carbocycles. The van der Waals surface area contributed by atoms with Gasteiger partial charge in [-0.3, -0.25) is 18.6 Å². The first-order valence-corrected chi connectivity index (χ1v) is 33.1. The number of phosphoric acid groups is 1. The second-order valence-electron chi connectivity index (χ2n) is 22.2. The third-order valence-electron chi connectivity index (χ3n) is 13.5. The molecule has 0 rings (SSSR count). The number of nitrogens with one attached hydrogen (secondary N) is 1. The topological polar surface area (TPSA) is 111 Å². The molecule has 0 aliphatic heterocycles. The van der Waals surface area contributed by atoms with E-state index in [-0.39, 0.29) is 31.5 Å². The van der Waals surface area contributed by atoms with E-state index >= 15 is 0 Å². The molecule has 0 aliphatic carbocycles. The van der Waals surface area contributed by atoms with Crippen molar-refractivity contribution in [3.8, 4) is 0 Å². The molecular formula is C67H120N2O7P+. The van der Waals surface area contributed by atoms with E-state index in [1.807, 2.05) is 33.3 Å². The molecule has 0 spiro atoms. The standard InChI is InChI=1S/C67H119N2O7P/c1-7-10-13-16-19-22-25-28-30-31-32-33-34-35-36-37-39-42-45-48-51-54-57-60-67(71)76-65(58-55-52-49-46-43-40-27-24-21-18-15-12-9-3)64(63-75-77(72,73)74-62-61-69(4,5)6)68-66(70)59-56-53-50-47-44-41-38-29-26-23-20-17-14-11-8-2/h10,13,19-20,22-23,26,28-30,32-33,35-36,55,58,64-65H,7-9,11-12,14-18,21,24-25,27,31,34,37-54,56-57,59-63H2,1-6H3,(H-,68,70,72,73)/p+1/b13-10-,22-19-,23-20+,29-26+,30-28-,33-32-,36-35-,58-55-. The molecule has 3 atom stereocenters. The van der Waals surface area contributed by atoms with Gasteiger partial charge < -0.3 is 19.4 Å². The molecule has 3 unspecified atom stereocenters. The first-order valence-electron chi connectivity index (χ1n) is 31.6. The number of rotatable bonds is 56. The van der Waals surface area contributed by atoms with Crippen molar-refractivity contribution in [2.75, 3.05) is 40.9 Å². The first-order chi connectivity index (χ1) is 37.4. The van der Waals surface area contributed by atoms with E-state index in [4.69, 9.17) is 13.8 Å². The molecular weight excluding hydrogens is 976 g/mol. The molecule has 0 saturated heterocycles. The summed E-state index contributed by atoms with van der Waals surface area (Å²) in [6.07, 6.45) is 75.4. The fraction of sp³-hybridized carbons (Fsp3) is 0.731. The van der Waals surface area contributed by atoms with Crippen LogP contribution in [-0.4, -0.2) is 74.3 Å². The van der Waals surface area contributed by atoms with Gasteiger partial charge >= 0.3 is 13.8 Å². The van der Waals surface area contributed by atoms with Gasteiger partial charge in [-0.05, 0) is 102 Å². The lowest BCUT2D eigenvalue weighted by Crippen LogP contribution is -2.47. The Kier molecular flexibility index (Phi) is 54.0. The van der Waals surface area contributed by atoms with Crippen LogP contribution in [0.3, 0.4) is 0 Å². The number of quaternary nitrogens is 1. The predicted octanol–water partition coefficient (Wildman–Crippen LogP) is 19.6. The van der Waals surface area contributed by atoms with Crippen molar-refractivity contribution in [1.29, 1.82) is 0 Å². The summed E-state index contributed by atoms with van der Waals surface area (Å²) in [6, 6.07) is -0.864. The maximum atomic E-state index is 13.5. The van der Waals surface area contributed by atoms with E-state index in [1.54, 1.807) is 0 Å². The van der Waals surface area contributed by atoms with E-state index in [9.17, 15) is 19.0 Å². The van der Waals surface area contributed by atoms with E-state index in [0.29, 0.717) is 17.4 Å². The van der Waals surface area contributed by atoms with Gasteiger partial charge in [0.2, 0.25) is 5.91 Å². The first kappa shape index (κ1) is 73.9. The number of nitrogens with zero attached hydrogens (tertiary/aromatic N) is 1. The van der Waals surface area contributed by atoms with E-state index in [2.05, 4.69) is 111 Å². The van der Waals surface area contributed by atoms with Crippen LogP contribution in [0, 0.1) is 0 Å². The van der Waals surface area contributed by atoms with Gasteiger partial charge in [-0.1, -0.05) is 247 Å². The molecule has 0 aromatic rings. The summed E-state index contributed by atoms with van der Waals surface area (Å²) in [4.78, 5) is 37.7. The van der Waals surface area contributed by atoms with Gasteiger partial charge in [-0.15, -0.1) is 0 Å². The van der Waals surface area contributed by atoms with Crippen LogP contribution < -0.4 is 5.32 Å². The Balaban J connectivity index is 5.28. The van der Waals surface area contributed by atoms with Crippen LogP contribution in [0.5, 0.6) is 0 Å². The normalized spacial score (nSPS) is 14.3. The molecule has 0 aromatic heterocycles. The molecule has 0 bridgehead atoms. The number of amides is 1. The second kappa shape index (κ2) is 56.2. The lowest BCUT2D eigenvalue weighted by Gasteiger charge is -2.27. The highest BCUT2D eigenvalue weighted by Crippen LogP contribution is 2.43. The molecule has 0 radical (unpaired) electrons. The quantitative estimate of drug-likeness (QED) is 0.0156. The fourth-order valence-electron chi connectivity index (χ4n) is 8.66. The maximum absolute atomic E-state index is 13.5. The highest BCUT2D eigenvalue weighted by molar-refractivity contribution is 7.47. The molecule has 77 heavy (non-hydrogen) atoms. The maximum Gasteiger partial charge on any atom is 0.472 e. The van der Waals surface area contributed by atoms with Gasteiger partial charge in [0.15, 0.2) is 0 Å². The average Bonchev–Trinajstić information content (AvgIpc) is 3.39. The van der Waals surface area contributed by atoms with Gasteiger partial charge in [-0.25, -0.2) is 4.57 Å². The predicted molar refractivity (Wildman–Crippen MR) is 332 cm³/mol. The third kappa shape index (κ3) is 57.4. The summed E-state index contributed by atoms with van der Waals surface area (Å²) in [7, 11) is 1.47. The monoisotopic (exact) mass is 1100 g/mol. The molecule has 9 nitrogen and oxygen atoms in total. The average molecular weight is 1100 g/mol. The van der Waals surface area contributed by atoms with Crippen molar-refractivity contribution < 1.29 is 37.3 Å². The number of carbonyl (C=O) groups excluding carboxylic acids is 2. The minimum absolute atomic E-state index is 0.0317. The lowest BCUT2D eigenvalue weighted by molar-refractivity contribution is -0.870. The molecule has 10 heteroatoms. The van der Waals surface area contributed by atoms with Crippen LogP contribution >= 0.6 is 7.82 Å². The van der Waals surface area contributed by atoms with Crippen molar-refractivity contribution in [3.05, 3.63) is 97.2 Å². The molecule has 444 valence electrons. The Labute approximate surface area is 475 Å². The van der Waals surface area contributed by atoms with Crippen LogP contribution in [-0.2, 0) is 27.9 Å². The fourth-order valence-corrected chi connectivity index (χ4v) is 9.40. The van der Waals surface area contributed by atoms with Crippen LogP contribution in [0.4, 0.5) is 0 Å². The van der Waals surface area contributed by atoms with Crippen LogP contribution in [0.25, 0.3) is 0 Å². The number of ether oxygens (including phenoxy) is 1. The van der Waals surface area contributed by atoms with Crippen LogP contribution in [0.1, 0.15) is 265 Å². The Morgan fingerprint density at radius 2 is 0.870 bits per heavy atom. The number of phosphoric ester groups is 1. The smallest absolute Gasteiger partial charge is 0.456 e. The Bertz CT molecular complexity index is 1640. The highest BCUT2D eigenvalue weighted by atomic mass is 31.2. The summed E-state index contributed by atoms with van der Waals surface area (Å²) in [6.45, 7) is 6.85. The SMILES string of the molecule is CC/C=C\C/C=C\C/C=C\C/C=C\C/C=C\CCCCCCCCCC(=O)OC(/C=C\CCCCCCCCCCCCC)C(COP(=O)(O)OCC[N+](C)(C)C)NC(=O)CCCCCCCC/C=C/C=C/CCCCC. The number of hydrogen-bond acceptors (Lipinski definition) is 6. The molecule has 0 saturated carbocycles. The molecule has 0 fully saturated rings. The number of likely N-dealkylation sites (N-methyl/N-ethyl adjacent to an activating group) is 1. The second-order valence-corrected chi connectivity index (χ2v) is 23.7. The summed E-state index contributed by atoms with van der Waals surface area (Å²) in [5.74, 6) is -0.533. The van der Waals surface area contributed by atoms with Gasteiger partial charge in [0.25, 0.3) is 0 Å². The molecule has 2 N–H and O–H groups in total. The van der Waals surface area contributed by atoms with Crippen molar-refractivity contribution >= 4 is 19.7 Å². The van der Waals surface area contributed by atoms with E-state index in [1.165, 1.54) is 103 Å². The zero-order valence-electron chi connectivity index (χ0n) is 50.7. The van der Waals surface area contributed by atoms with Crippen LogP contribution in [0.15, 0.2) is 97.2 Å². The molecule has 0 heterocycles. The van der Waals surface area contributed by atoms with Crippen molar-refractivity contribution in [2.24, 2.45) is 0 Å². The zero-order chi connectivity index (χ0) is 56.4. The number of unbranched alkanes of at least 4 members (excludes halogenated alkanes) is 27. The minimum Gasteiger partial charge on any atom is -0.456 e. The Hall–Kier alpha value is -3.07. The lowest BCUT2D eigenvalue weighted by atomic mass is 10.0. The number of allylic oxidation sites excluding steroid dienone is 15. The van der Waals surface area contributed by atoms with Gasteiger partial charge in [-0.2, -0.15) is 0 Å². The number of carbonyl (C=O) groups is 2. The van der Waals surface area contributed by atoms with Crippen LogP contribution in [0.2, 0.25) is 0 Å². The molecule has 1 amide bonds. The van der Waals surface area contributed by atoms with Crippen molar-refractivity contribution in [2.45, 2.75) is 277 Å². The summed E-state index contributed by atoms with van der Waals surface area (Å²) < 4.78 is 30.7. The van der Waals surface area contributed by atoms with Gasteiger partial charge in [0.05, 0.1) is 33.8 Å². The summed E-state index contributed by atoms with van der Waals surface area (Å²) in [5.41, 5.74) is 0.